The molecule has 1 heterocycles. The van der Waals surface area contributed by atoms with Gasteiger partial charge in [-0.15, -0.1) is 0 Å². The molecule has 2 unspecified atom stereocenters. The first-order valence-corrected chi connectivity index (χ1v) is 7.20. The molecule has 2 atom stereocenters. The van der Waals surface area contributed by atoms with Gasteiger partial charge in [-0.05, 0) is 50.3 Å². The SMILES string of the molecule is CC1CC(C(=O)O)CCN1C1Cc2ccccc2C1. The largest absolute Gasteiger partial charge is 0.481 e. The zero-order valence-electron chi connectivity index (χ0n) is 11.4. The normalized spacial score (nSPS) is 28.3. The van der Waals surface area contributed by atoms with E-state index in [4.69, 9.17) is 5.11 Å². The average molecular weight is 259 g/mol. The van der Waals surface area contributed by atoms with E-state index in [2.05, 4.69) is 36.1 Å². The highest BCUT2D eigenvalue weighted by Crippen LogP contribution is 2.31. The van der Waals surface area contributed by atoms with Crippen LogP contribution in [-0.4, -0.2) is 34.6 Å². The van der Waals surface area contributed by atoms with E-state index in [9.17, 15) is 4.79 Å². The third kappa shape index (κ3) is 2.39. The number of hydrogen-bond acceptors (Lipinski definition) is 2. The first-order valence-electron chi connectivity index (χ1n) is 7.20. The monoisotopic (exact) mass is 259 g/mol. The van der Waals surface area contributed by atoms with Crippen molar-refractivity contribution < 1.29 is 9.90 Å². The molecule has 0 amide bonds. The Kier molecular flexibility index (Phi) is 3.31. The number of nitrogens with zero attached hydrogens (tertiary/aromatic N) is 1. The van der Waals surface area contributed by atoms with Gasteiger partial charge >= 0.3 is 5.97 Å². The summed E-state index contributed by atoms with van der Waals surface area (Å²) in [7, 11) is 0. The van der Waals surface area contributed by atoms with Gasteiger partial charge in [-0.3, -0.25) is 9.69 Å². The number of carboxylic acid groups (broad SMARTS) is 1. The summed E-state index contributed by atoms with van der Waals surface area (Å²) in [6.07, 6.45) is 3.84. The van der Waals surface area contributed by atoms with E-state index in [1.807, 2.05) is 0 Å². The predicted molar refractivity (Wildman–Crippen MR) is 74.2 cm³/mol. The average Bonchev–Trinajstić information content (AvgIpc) is 2.81. The number of aliphatic carboxylic acids is 1. The molecule has 0 spiro atoms. The van der Waals surface area contributed by atoms with Gasteiger partial charge in [-0.2, -0.15) is 0 Å². The summed E-state index contributed by atoms with van der Waals surface area (Å²) in [6, 6.07) is 9.63. The lowest BCUT2D eigenvalue weighted by Gasteiger charge is -2.40. The van der Waals surface area contributed by atoms with Crippen molar-refractivity contribution in [1.82, 2.24) is 4.90 Å². The molecule has 1 N–H and O–H groups in total. The van der Waals surface area contributed by atoms with Crippen molar-refractivity contribution in [2.24, 2.45) is 5.92 Å². The molecule has 1 fully saturated rings. The van der Waals surface area contributed by atoms with E-state index in [0.717, 1.165) is 32.2 Å². The fraction of sp³-hybridized carbons (Fsp3) is 0.562. The number of hydrogen-bond donors (Lipinski definition) is 1. The Morgan fingerprint density at radius 2 is 1.89 bits per heavy atom. The smallest absolute Gasteiger partial charge is 0.306 e. The third-order valence-corrected chi connectivity index (χ3v) is 4.78. The lowest BCUT2D eigenvalue weighted by molar-refractivity contribution is -0.144. The summed E-state index contributed by atoms with van der Waals surface area (Å²) in [4.78, 5) is 13.6. The number of fused-ring (bicyclic) bond motifs is 1. The van der Waals surface area contributed by atoms with E-state index >= 15 is 0 Å². The Hall–Kier alpha value is -1.35. The van der Waals surface area contributed by atoms with Crippen LogP contribution in [-0.2, 0) is 17.6 Å². The molecule has 1 aromatic rings. The highest BCUT2D eigenvalue weighted by atomic mass is 16.4. The summed E-state index contributed by atoms with van der Waals surface area (Å²) in [5.74, 6) is -0.767. The fourth-order valence-corrected chi connectivity index (χ4v) is 3.73. The molecular weight excluding hydrogens is 238 g/mol. The Bertz CT molecular complexity index is 460. The van der Waals surface area contributed by atoms with Crippen molar-refractivity contribution in [1.29, 1.82) is 0 Å². The number of piperidine rings is 1. The van der Waals surface area contributed by atoms with Crippen LogP contribution in [0.2, 0.25) is 0 Å². The van der Waals surface area contributed by atoms with Gasteiger partial charge < -0.3 is 5.11 Å². The molecule has 1 saturated heterocycles. The minimum atomic E-state index is -0.624. The summed E-state index contributed by atoms with van der Waals surface area (Å²) in [6.45, 7) is 3.11. The van der Waals surface area contributed by atoms with Crippen LogP contribution in [0, 0.1) is 5.92 Å². The third-order valence-electron chi connectivity index (χ3n) is 4.78. The first-order chi connectivity index (χ1) is 9.15. The van der Waals surface area contributed by atoms with Crippen molar-refractivity contribution in [3.05, 3.63) is 35.4 Å². The molecule has 0 saturated carbocycles. The highest BCUT2D eigenvalue weighted by Gasteiger charge is 2.35. The predicted octanol–water partition coefficient (Wildman–Crippen LogP) is 2.34. The first kappa shape index (κ1) is 12.7. The van der Waals surface area contributed by atoms with Crippen molar-refractivity contribution in [3.8, 4) is 0 Å². The van der Waals surface area contributed by atoms with Crippen molar-refractivity contribution in [3.63, 3.8) is 0 Å². The second-order valence-electron chi connectivity index (χ2n) is 5.98. The molecule has 0 bridgehead atoms. The number of carboxylic acids is 1. The second kappa shape index (κ2) is 4.97. The molecule has 102 valence electrons. The van der Waals surface area contributed by atoms with E-state index in [0.29, 0.717) is 12.1 Å². The summed E-state index contributed by atoms with van der Waals surface area (Å²) in [5, 5.41) is 9.13. The molecule has 3 rings (SSSR count). The lowest BCUT2D eigenvalue weighted by atomic mass is 9.90. The summed E-state index contributed by atoms with van der Waals surface area (Å²) in [5.41, 5.74) is 2.94. The maximum Gasteiger partial charge on any atom is 0.306 e. The van der Waals surface area contributed by atoms with E-state index in [1.54, 1.807) is 0 Å². The number of benzene rings is 1. The lowest BCUT2D eigenvalue weighted by Crippen LogP contribution is -2.48. The van der Waals surface area contributed by atoms with E-state index in [1.165, 1.54) is 11.1 Å². The van der Waals surface area contributed by atoms with Crippen LogP contribution >= 0.6 is 0 Å². The van der Waals surface area contributed by atoms with Crippen LogP contribution in [0.25, 0.3) is 0 Å². The molecule has 0 radical (unpaired) electrons. The van der Waals surface area contributed by atoms with Gasteiger partial charge in [-0.25, -0.2) is 0 Å². The Morgan fingerprint density at radius 1 is 1.26 bits per heavy atom. The van der Waals surface area contributed by atoms with Gasteiger partial charge in [0.1, 0.15) is 0 Å². The quantitative estimate of drug-likeness (QED) is 0.886. The summed E-state index contributed by atoms with van der Waals surface area (Å²) < 4.78 is 0. The van der Waals surface area contributed by atoms with Crippen LogP contribution in [0.3, 0.4) is 0 Å². The van der Waals surface area contributed by atoms with Gasteiger partial charge in [0.2, 0.25) is 0 Å². The van der Waals surface area contributed by atoms with Crippen LogP contribution < -0.4 is 0 Å². The van der Waals surface area contributed by atoms with E-state index in [-0.39, 0.29) is 5.92 Å². The Morgan fingerprint density at radius 3 is 2.42 bits per heavy atom. The van der Waals surface area contributed by atoms with Gasteiger partial charge in [0.05, 0.1) is 5.92 Å². The molecule has 1 aliphatic heterocycles. The van der Waals surface area contributed by atoms with Crippen molar-refractivity contribution in [2.75, 3.05) is 6.54 Å². The second-order valence-corrected chi connectivity index (χ2v) is 5.98. The van der Waals surface area contributed by atoms with Gasteiger partial charge in [0, 0.05) is 12.1 Å². The molecule has 2 aliphatic rings. The van der Waals surface area contributed by atoms with E-state index < -0.39 is 5.97 Å². The molecule has 3 heteroatoms. The van der Waals surface area contributed by atoms with Crippen LogP contribution in [0.15, 0.2) is 24.3 Å². The molecule has 0 aromatic heterocycles. The maximum absolute atomic E-state index is 11.1. The zero-order valence-corrected chi connectivity index (χ0v) is 11.4. The van der Waals surface area contributed by atoms with Gasteiger partial charge in [0.15, 0.2) is 0 Å². The van der Waals surface area contributed by atoms with Crippen LogP contribution in [0.4, 0.5) is 0 Å². The zero-order chi connectivity index (χ0) is 13.4. The van der Waals surface area contributed by atoms with Gasteiger partial charge in [-0.1, -0.05) is 24.3 Å². The summed E-state index contributed by atoms with van der Waals surface area (Å²) >= 11 is 0. The van der Waals surface area contributed by atoms with Crippen molar-refractivity contribution >= 4 is 5.97 Å². The standard InChI is InChI=1S/C16H21NO2/c1-11-8-14(16(18)19)6-7-17(11)15-9-12-4-2-3-5-13(12)10-15/h2-5,11,14-15H,6-10H2,1H3,(H,18,19). The Labute approximate surface area is 114 Å². The van der Waals surface area contributed by atoms with Crippen LogP contribution in [0.1, 0.15) is 30.9 Å². The molecule has 3 nitrogen and oxygen atoms in total. The molecular formula is C16H21NO2. The van der Waals surface area contributed by atoms with Crippen molar-refractivity contribution in [2.45, 2.75) is 44.7 Å². The fourth-order valence-electron chi connectivity index (χ4n) is 3.73. The number of rotatable bonds is 2. The minimum absolute atomic E-state index is 0.143. The maximum atomic E-state index is 11.1. The highest BCUT2D eigenvalue weighted by molar-refractivity contribution is 5.70. The number of carbonyl (C=O) groups is 1. The molecule has 1 aromatic carbocycles. The molecule has 1 aliphatic carbocycles. The van der Waals surface area contributed by atoms with Crippen LogP contribution in [0.5, 0.6) is 0 Å². The topological polar surface area (TPSA) is 40.5 Å². The Balaban J connectivity index is 1.68. The molecule has 19 heavy (non-hydrogen) atoms. The number of likely N-dealkylation sites (tertiary alicyclic amines) is 1. The minimum Gasteiger partial charge on any atom is -0.481 e. The van der Waals surface area contributed by atoms with Gasteiger partial charge in [0.25, 0.3) is 0 Å².